The number of allylic oxidation sites excluding steroid dienone is 1. The summed E-state index contributed by atoms with van der Waals surface area (Å²) in [5, 5.41) is 0. The molecule has 1 aliphatic rings. The van der Waals surface area contributed by atoms with Crippen LogP contribution in [0.15, 0.2) is 78.9 Å². The van der Waals surface area contributed by atoms with Crippen LogP contribution in [-0.4, -0.2) is 38.3 Å². The molecule has 3 nitrogen and oxygen atoms in total. The number of likely N-dealkylation sites (tertiary alicyclic amines) is 1. The second-order valence-corrected chi connectivity index (χ2v) is 8.58. The highest BCUT2D eigenvalue weighted by Crippen LogP contribution is 2.36. The van der Waals surface area contributed by atoms with E-state index in [1.807, 2.05) is 6.07 Å². The Bertz CT molecular complexity index is 1030. The molecule has 0 amide bonds. The number of benzene rings is 3. The molecule has 0 N–H and O–H groups in total. The van der Waals surface area contributed by atoms with Crippen LogP contribution >= 0.6 is 0 Å². The van der Waals surface area contributed by atoms with Crippen molar-refractivity contribution < 1.29 is 9.47 Å². The van der Waals surface area contributed by atoms with Crippen molar-refractivity contribution in [1.82, 2.24) is 4.90 Å². The predicted octanol–water partition coefficient (Wildman–Crippen LogP) is 6.93. The second-order valence-electron chi connectivity index (χ2n) is 8.58. The quantitative estimate of drug-likeness (QED) is 0.336. The zero-order valence-electron chi connectivity index (χ0n) is 19.9. The topological polar surface area (TPSA) is 21.7 Å². The van der Waals surface area contributed by atoms with Gasteiger partial charge in [0.25, 0.3) is 0 Å². The lowest BCUT2D eigenvalue weighted by Crippen LogP contribution is -2.33. The Labute approximate surface area is 198 Å². The van der Waals surface area contributed by atoms with Crippen LogP contribution in [0.1, 0.15) is 49.3 Å². The van der Waals surface area contributed by atoms with Crippen LogP contribution < -0.4 is 9.47 Å². The van der Waals surface area contributed by atoms with Crippen molar-refractivity contribution in [2.24, 2.45) is 0 Å². The maximum absolute atomic E-state index is 6.08. The monoisotopic (exact) mass is 441 g/mol. The van der Waals surface area contributed by atoms with Gasteiger partial charge in [0.05, 0.1) is 7.11 Å². The second kappa shape index (κ2) is 11.7. The van der Waals surface area contributed by atoms with E-state index in [0.717, 1.165) is 31.1 Å². The van der Waals surface area contributed by atoms with E-state index in [1.165, 1.54) is 60.2 Å². The molecule has 4 rings (SSSR count). The van der Waals surface area contributed by atoms with E-state index in [2.05, 4.69) is 84.6 Å². The molecule has 3 aromatic rings. The van der Waals surface area contributed by atoms with Crippen molar-refractivity contribution in [2.45, 2.75) is 32.6 Å². The Kier molecular flexibility index (Phi) is 8.21. The minimum absolute atomic E-state index is 0.741. The lowest BCUT2D eigenvalue weighted by molar-refractivity contribution is 0.183. The van der Waals surface area contributed by atoms with E-state index < -0.39 is 0 Å². The molecule has 0 aromatic heterocycles. The summed E-state index contributed by atoms with van der Waals surface area (Å²) in [7, 11) is 1.72. The number of hydrogen-bond acceptors (Lipinski definition) is 3. The molecular weight excluding hydrogens is 406 g/mol. The molecule has 0 saturated carbocycles. The van der Waals surface area contributed by atoms with Gasteiger partial charge in [0.2, 0.25) is 0 Å². The number of piperidine rings is 1. The zero-order chi connectivity index (χ0) is 22.9. The molecule has 1 aliphatic heterocycles. The Morgan fingerprint density at radius 2 is 1.45 bits per heavy atom. The molecule has 1 fully saturated rings. The van der Waals surface area contributed by atoms with Crippen LogP contribution in [0.5, 0.6) is 11.5 Å². The number of hydrogen-bond donors (Lipinski definition) is 0. The van der Waals surface area contributed by atoms with Crippen molar-refractivity contribution >= 4 is 11.1 Å². The van der Waals surface area contributed by atoms with Gasteiger partial charge in [-0.1, -0.05) is 67.9 Å². The van der Waals surface area contributed by atoms with Gasteiger partial charge < -0.3 is 9.47 Å². The van der Waals surface area contributed by atoms with Gasteiger partial charge in [0.1, 0.15) is 18.1 Å². The molecule has 1 saturated heterocycles. The first kappa shape index (κ1) is 23.1. The number of methoxy groups -OCH3 is 1. The molecule has 0 aliphatic carbocycles. The molecule has 33 heavy (non-hydrogen) atoms. The van der Waals surface area contributed by atoms with Gasteiger partial charge >= 0.3 is 0 Å². The van der Waals surface area contributed by atoms with Crippen molar-refractivity contribution in [3.63, 3.8) is 0 Å². The predicted molar refractivity (Wildman–Crippen MR) is 138 cm³/mol. The largest absolute Gasteiger partial charge is 0.497 e. The van der Waals surface area contributed by atoms with Crippen LogP contribution in [0.25, 0.3) is 11.1 Å². The third-order valence-electron chi connectivity index (χ3n) is 6.40. The third-order valence-corrected chi connectivity index (χ3v) is 6.40. The fraction of sp³-hybridized carbons (Fsp3) is 0.333. The number of ether oxygens (including phenoxy) is 2. The molecule has 0 spiro atoms. The number of nitrogens with zero attached hydrogens (tertiary/aromatic N) is 1. The lowest BCUT2D eigenvalue weighted by atomic mass is 9.88. The van der Waals surface area contributed by atoms with Crippen molar-refractivity contribution in [3.05, 3.63) is 95.6 Å². The molecule has 3 heteroatoms. The summed E-state index contributed by atoms with van der Waals surface area (Å²) in [4.78, 5) is 2.51. The molecule has 3 aromatic carbocycles. The molecule has 1 heterocycles. The third kappa shape index (κ3) is 6.06. The summed E-state index contributed by atoms with van der Waals surface area (Å²) in [6.07, 6.45) is 4.92. The van der Waals surface area contributed by atoms with Gasteiger partial charge in [-0.2, -0.15) is 0 Å². The van der Waals surface area contributed by atoms with Crippen molar-refractivity contribution in [3.8, 4) is 11.5 Å². The first-order valence-corrected chi connectivity index (χ1v) is 12.2. The smallest absolute Gasteiger partial charge is 0.119 e. The fourth-order valence-electron chi connectivity index (χ4n) is 4.65. The Morgan fingerprint density at radius 1 is 0.758 bits per heavy atom. The van der Waals surface area contributed by atoms with Gasteiger partial charge in [-0.25, -0.2) is 0 Å². The van der Waals surface area contributed by atoms with Crippen LogP contribution in [0.2, 0.25) is 0 Å². The molecule has 0 unspecified atom stereocenters. The van der Waals surface area contributed by atoms with Gasteiger partial charge in [-0.15, -0.1) is 0 Å². The maximum atomic E-state index is 6.08. The Hall–Kier alpha value is -3.04. The lowest BCUT2D eigenvalue weighted by Gasteiger charge is -2.26. The standard InChI is InChI=1S/C30H35NO2/c1-3-29(26-13-10-14-28(23-26)32-2)30(24-11-6-4-7-12-24)25-15-17-27(18-16-25)33-22-21-31-19-8-5-9-20-31/h4,6-7,10-18,23H,3,5,8-9,19-22H2,1-2H3. The van der Waals surface area contributed by atoms with Gasteiger partial charge in [0.15, 0.2) is 0 Å². The summed E-state index contributed by atoms with van der Waals surface area (Å²) in [5.74, 6) is 1.81. The normalized spacial score (nSPS) is 15.1. The summed E-state index contributed by atoms with van der Waals surface area (Å²) in [6.45, 7) is 6.38. The summed E-state index contributed by atoms with van der Waals surface area (Å²) < 4.78 is 11.6. The van der Waals surface area contributed by atoms with Crippen LogP contribution in [0, 0.1) is 0 Å². The molecule has 0 radical (unpaired) electrons. The SMILES string of the molecule is CCC(=C(c1ccccc1)c1ccc(OCCN2CCCCC2)cc1)c1cccc(OC)c1. The Morgan fingerprint density at radius 3 is 2.15 bits per heavy atom. The van der Waals surface area contributed by atoms with Gasteiger partial charge in [-0.3, -0.25) is 4.90 Å². The average Bonchev–Trinajstić information content (AvgIpc) is 2.89. The van der Waals surface area contributed by atoms with Crippen LogP contribution in [0.4, 0.5) is 0 Å². The first-order chi connectivity index (χ1) is 16.3. The van der Waals surface area contributed by atoms with E-state index in [1.54, 1.807) is 7.11 Å². The Balaban J connectivity index is 1.60. The number of rotatable bonds is 9. The van der Waals surface area contributed by atoms with E-state index in [-0.39, 0.29) is 0 Å². The van der Waals surface area contributed by atoms with E-state index in [0.29, 0.717) is 0 Å². The van der Waals surface area contributed by atoms with E-state index in [4.69, 9.17) is 9.47 Å². The highest BCUT2D eigenvalue weighted by Gasteiger charge is 2.14. The zero-order valence-corrected chi connectivity index (χ0v) is 19.9. The van der Waals surface area contributed by atoms with E-state index >= 15 is 0 Å². The van der Waals surface area contributed by atoms with Crippen LogP contribution in [0.3, 0.4) is 0 Å². The molecule has 0 bridgehead atoms. The molecule has 0 atom stereocenters. The minimum Gasteiger partial charge on any atom is -0.497 e. The highest BCUT2D eigenvalue weighted by molar-refractivity contribution is 5.98. The fourth-order valence-corrected chi connectivity index (χ4v) is 4.65. The summed E-state index contributed by atoms with van der Waals surface area (Å²) in [6, 6.07) is 27.6. The van der Waals surface area contributed by atoms with Crippen molar-refractivity contribution in [1.29, 1.82) is 0 Å². The minimum atomic E-state index is 0.741. The average molecular weight is 442 g/mol. The van der Waals surface area contributed by atoms with Gasteiger partial charge in [0, 0.05) is 6.54 Å². The van der Waals surface area contributed by atoms with E-state index in [9.17, 15) is 0 Å². The summed E-state index contributed by atoms with van der Waals surface area (Å²) >= 11 is 0. The molecule has 172 valence electrons. The highest BCUT2D eigenvalue weighted by atomic mass is 16.5. The van der Waals surface area contributed by atoms with Crippen molar-refractivity contribution in [2.75, 3.05) is 33.4 Å². The first-order valence-electron chi connectivity index (χ1n) is 12.2. The van der Waals surface area contributed by atoms with Gasteiger partial charge in [-0.05, 0) is 84.5 Å². The molecular formula is C30H35NO2. The van der Waals surface area contributed by atoms with Crippen LogP contribution in [-0.2, 0) is 0 Å². The summed E-state index contributed by atoms with van der Waals surface area (Å²) in [5.41, 5.74) is 6.17. The maximum Gasteiger partial charge on any atom is 0.119 e.